The number of morpholine rings is 1. The van der Waals surface area contributed by atoms with Crippen molar-refractivity contribution in [2.75, 3.05) is 25.1 Å². The molecule has 0 unspecified atom stereocenters. The molecule has 2 rings (SSSR count). The fraction of sp³-hybridized carbons (Fsp3) is 0.500. The number of hydrogen-bond acceptors (Lipinski definition) is 4. The first kappa shape index (κ1) is 13.8. The summed E-state index contributed by atoms with van der Waals surface area (Å²) >= 11 is 0. The molecule has 0 aliphatic carbocycles. The zero-order chi connectivity index (χ0) is 14.0. The van der Waals surface area contributed by atoms with Gasteiger partial charge in [-0.05, 0) is 44.5 Å². The van der Waals surface area contributed by atoms with Crippen LogP contribution in [0.4, 0.5) is 5.69 Å². The summed E-state index contributed by atoms with van der Waals surface area (Å²) in [5.41, 5.74) is 4.81. The Kier molecular flexibility index (Phi) is 3.78. The Morgan fingerprint density at radius 1 is 1.47 bits per heavy atom. The zero-order valence-corrected chi connectivity index (χ0v) is 11.7. The number of anilines is 1. The molecular weight excluding hydrogens is 242 g/mol. The van der Waals surface area contributed by atoms with E-state index in [4.69, 9.17) is 10.6 Å². The van der Waals surface area contributed by atoms with Crippen molar-refractivity contribution in [1.29, 1.82) is 0 Å². The molecule has 1 aromatic carbocycles. The summed E-state index contributed by atoms with van der Waals surface area (Å²) in [5, 5.41) is 0. The number of carbonyl (C=O) groups excluding carboxylic acids is 1. The first-order valence-electron chi connectivity index (χ1n) is 6.43. The van der Waals surface area contributed by atoms with E-state index in [0.29, 0.717) is 25.3 Å². The third kappa shape index (κ3) is 3.05. The van der Waals surface area contributed by atoms with E-state index < -0.39 is 0 Å². The van der Waals surface area contributed by atoms with E-state index >= 15 is 0 Å². The second kappa shape index (κ2) is 5.19. The number of aryl methyl sites for hydroxylation is 1. The zero-order valence-electron chi connectivity index (χ0n) is 11.7. The van der Waals surface area contributed by atoms with Crippen molar-refractivity contribution in [3.63, 3.8) is 0 Å². The minimum absolute atomic E-state index is 0.0445. The van der Waals surface area contributed by atoms with Gasteiger partial charge in [-0.1, -0.05) is 0 Å². The molecule has 0 saturated carbocycles. The lowest BCUT2D eigenvalue weighted by Gasteiger charge is -2.38. The summed E-state index contributed by atoms with van der Waals surface area (Å²) < 4.78 is 5.62. The van der Waals surface area contributed by atoms with Gasteiger partial charge in [0.2, 0.25) is 0 Å². The maximum absolute atomic E-state index is 12.5. The molecule has 5 heteroatoms. The smallest absolute Gasteiger partial charge is 0.254 e. The van der Waals surface area contributed by atoms with Gasteiger partial charge in [0.25, 0.3) is 5.91 Å². The van der Waals surface area contributed by atoms with Gasteiger partial charge in [-0.15, -0.1) is 0 Å². The van der Waals surface area contributed by atoms with E-state index in [9.17, 15) is 4.79 Å². The molecule has 1 heterocycles. The third-order valence-electron chi connectivity index (χ3n) is 3.34. The van der Waals surface area contributed by atoms with Gasteiger partial charge in [-0.3, -0.25) is 10.6 Å². The van der Waals surface area contributed by atoms with Gasteiger partial charge in [-0.2, -0.15) is 0 Å². The minimum Gasteiger partial charge on any atom is -0.372 e. The van der Waals surface area contributed by atoms with E-state index in [2.05, 4.69) is 5.43 Å². The molecule has 19 heavy (non-hydrogen) atoms. The van der Waals surface area contributed by atoms with Crippen LogP contribution in [0.25, 0.3) is 0 Å². The van der Waals surface area contributed by atoms with E-state index in [-0.39, 0.29) is 11.5 Å². The molecule has 1 aliphatic rings. The van der Waals surface area contributed by atoms with E-state index in [1.54, 1.807) is 6.07 Å². The molecule has 1 aromatic rings. The monoisotopic (exact) mass is 263 g/mol. The fourth-order valence-corrected chi connectivity index (χ4v) is 2.33. The molecule has 1 amide bonds. The van der Waals surface area contributed by atoms with Crippen molar-refractivity contribution < 1.29 is 9.53 Å². The average molecular weight is 263 g/mol. The van der Waals surface area contributed by atoms with Gasteiger partial charge in [0.1, 0.15) is 0 Å². The molecule has 1 saturated heterocycles. The van der Waals surface area contributed by atoms with Crippen LogP contribution in [0.15, 0.2) is 18.2 Å². The van der Waals surface area contributed by atoms with Crippen LogP contribution in [-0.2, 0) is 4.74 Å². The lowest BCUT2D eigenvalue weighted by molar-refractivity contribution is -0.0764. The van der Waals surface area contributed by atoms with E-state index in [1.807, 2.05) is 37.8 Å². The summed E-state index contributed by atoms with van der Waals surface area (Å²) in [5.74, 6) is 5.44. The van der Waals surface area contributed by atoms with Crippen molar-refractivity contribution in [3.8, 4) is 0 Å². The second-order valence-electron chi connectivity index (χ2n) is 5.51. The number of nitrogens with one attached hydrogen (secondary N) is 1. The van der Waals surface area contributed by atoms with E-state index in [1.165, 1.54) is 0 Å². The standard InChI is InChI=1S/C14H21N3O2/c1-10-8-11(4-5-12(10)16-15)13(18)17-6-7-19-14(2,3)9-17/h4-5,8,16H,6-7,9,15H2,1-3H3. The molecule has 3 N–H and O–H groups in total. The van der Waals surface area contributed by atoms with Gasteiger partial charge in [0.05, 0.1) is 17.9 Å². The van der Waals surface area contributed by atoms with Crippen LogP contribution >= 0.6 is 0 Å². The highest BCUT2D eigenvalue weighted by Crippen LogP contribution is 2.21. The number of nitrogen functional groups attached to an aromatic ring is 1. The third-order valence-corrected chi connectivity index (χ3v) is 3.34. The van der Waals surface area contributed by atoms with E-state index in [0.717, 1.165) is 11.3 Å². The molecule has 0 atom stereocenters. The maximum Gasteiger partial charge on any atom is 0.254 e. The van der Waals surface area contributed by atoms with Crippen molar-refractivity contribution in [1.82, 2.24) is 4.90 Å². The summed E-state index contributed by atoms with van der Waals surface area (Å²) in [4.78, 5) is 14.3. The lowest BCUT2D eigenvalue weighted by Crippen LogP contribution is -2.50. The Hall–Kier alpha value is -1.59. The number of hydrazine groups is 1. The Labute approximate surface area is 113 Å². The number of benzene rings is 1. The quantitative estimate of drug-likeness (QED) is 0.627. The van der Waals surface area contributed by atoms with Crippen LogP contribution in [0.5, 0.6) is 0 Å². The van der Waals surface area contributed by atoms with Gasteiger partial charge >= 0.3 is 0 Å². The highest BCUT2D eigenvalue weighted by molar-refractivity contribution is 5.95. The molecular formula is C14H21N3O2. The fourth-order valence-electron chi connectivity index (χ4n) is 2.33. The second-order valence-corrected chi connectivity index (χ2v) is 5.51. The van der Waals surface area contributed by atoms with Gasteiger partial charge < -0.3 is 15.1 Å². The minimum atomic E-state index is -0.276. The number of nitrogens with zero attached hydrogens (tertiary/aromatic N) is 1. The maximum atomic E-state index is 12.5. The number of amides is 1. The van der Waals surface area contributed by atoms with Crippen molar-refractivity contribution >= 4 is 11.6 Å². The molecule has 0 radical (unpaired) electrons. The van der Waals surface area contributed by atoms with Crippen LogP contribution in [0.2, 0.25) is 0 Å². The SMILES string of the molecule is Cc1cc(C(=O)N2CCOC(C)(C)C2)ccc1NN. The van der Waals surface area contributed by atoms with Crippen LogP contribution in [-0.4, -0.2) is 36.1 Å². The van der Waals surface area contributed by atoms with Gasteiger partial charge in [0, 0.05) is 18.7 Å². The van der Waals surface area contributed by atoms with Crippen molar-refractivity contribution in [2.45, 2.75) is 26.4 Å². The summed E-state index contributed by atoms with van der Waals surface area (Å²) in [6.45, 7) is 7.76. The first-order chi connectivity index (χ1) is 8.93. The highest BCUT2D eigenvalue weighted by Gasteiger charge is 2.30. The van der Waals surface area contributed by atoms with Gasteiger partial charge in [-0.25, -0.2) is 0 Å². The number of nitrogens with two attached hydrogens (primary N) is 1. The molecule has 0 spiro atoms. The summed E-state index contributed by atoms with van der Waals surface area (Å²) in [6, 6.07) is 5.49. The number of ether oxygens (including phenoxy) is 1. The largest absolute Gasteiger partial charge is 0.372 e. The molecule has 5 nitrogen and oxygen atoms in total. The molecule has 0 bridgehead atoms. The van der Waals surface area contributed by atoms with Crippen LogP contribution in [0, 0.1) is 6.92 Å². The number of carbonyl (C=O) groups is 1. The van der Waals surface area contributed by atoms with Gasteiger partial charge in [0.15, 0.2) is 0 Å². The lowest BCUT2D eigenvalue weighted by atomic mass is 10.0. The van der Waals surface area contributed by atoms with Crippen molar-refractivity contribution in [3.05, 3.63) is 29.3 Å². The predicted octanol–water partition coefficient (Wildman–Crippen LogP) is 1.53. The average Bonchev–Trinajstić information content (AvgIpc) is 2.36. The molecule has 104 valence electrons. The summed E-state index contributed by atoms with van der Waals surface area (Å²) in [7, 11) is 0. The van der Waals surface area contributed by atoms with Crippen molar-refractivity contribution in [2.24, 2.45) is 5.84 Å². The molecule has 0 aromatic heterocycles. The Morgan fingerprint density at radius 3 is 2.79 bits per heavy atom. The predicted molar refractivity (Wildman–Crippen MR) is 74.9 cm³/mol. The topological polar surface area (TPSA) is 67.6 Å². The Balaban J connectivity index is 2.17. The highest BCUT2D eigenvalue weighted by atomic mass is 16.5. The molecule has 1 aliphatic heterocycles. The molecule has 1 fully saturated rings. The normalized spacial score (nSPS) is 18.2. The summed E-state index contributed by atoms with van der Waals surface area (Å²) in [6.07, 6.45) is 0. The number of hydrogen-bond donors (Lipinski definition) is 2. The number of rotatable bonds is 2. The van der Waals surface area contributed by atoms with Crippen LogP contribution < -0.4 is 11.3 Å². The van der Waals surface area contributed by atoms with Crippen LogP contribution in [0.3, 0.4) is 0 Å². The Morgan fingerprint density at radius 2 is 2.21 bits per heavy atom. The Bertz CT molecular complexity index is 486. The van der Waals surface area contributed by atoms with Crippen LogP contribution in [0.1, 0.15) is 29.8 Å². The first-order valence-corrected chi connectivity index (χ1v) is 6.43.